The number of para-hydroxylation sites is 3. The van der Waals surface area contributed by atoms with Crippen molar-refractivity contribution in [1.29, 1.82) is 0 Å². The summed E-state index contributed by atoms with van der Waals surface area (Å²) in [5, 5.41) is 2.96. The van der Waals surface area contributed by atoms with Gasteiger partial charge in [-0.15, -0.1) is 0 Å². The third-order valence-electron chi connectivity index (χ3n) is 7.66. The van der Waals surface area contributed by atoms with Crippen LogP contribution in [0.25, 0.3) is 83.6 Å². The van der Waals surface area contributed by atoms with E-state index in [0.717, 1.165) is 21.8 Å². The maximum Gasteiger partial charge on any atom is 0.238 e. The highest BCUT2D eigenvalue weighted by molar-refractivity contribution is 6.15. The Kier molecular flexibility index (Phi) is 3.66. The lowest BCUT2D eigenvalue weighted by atomic mass is 10.0. The fraction of sp³-hybridized carbons (Fsp3) is 0. The summed E-state index contributed by atoms with van der Waals surface area (Å²) in [5.74, 6) is 0.118. The molecular weight excluding hydrogens is 540 g/mol. The zero-order valence-corrected chi connectivity index (χ0v) is 22.8. The lowest BCUT2D eigenvalue weighted by Crippen LogP contribution is -2.06. The number of nitrogens with zero attached hydrogens (tertiary/aromatic N) is 4. The van der Waals surface area contributed by atoms with Crippen LogP contribution in [0.1, 0.15) is 13.7 Å². The quantitative estimate of drug-likeness (QED) is 0.210. The summed E-state index contributed by atoms with van der Waals surface area (Å²) in [5.41, 5.74) is 2.78. The zero-order valence-electron chi connectivity index (χ0n) is 32.8. The predicted molar refractivity (Wildman–Crippen MR) is 178 cm³/mol. The van der Waals surface area contributed by atoms with E-state index in [0.29, 0.717) is 27.5 Å². The molecule has 0 aliphatic rings. The van der Waals surface area contributed by atoms with Gasteiger partial charge >= 0.3 is 0 Å². The molecule has 0 aliphatic heterocycles. The van der Waals surface area contributed by atoms with Gasteiger partial charge in [0, 0.05) is 38.2 Å². The highest BCUT2D eigenvalue weighted by Gasteiger charge is 2.21. The van der Waals surface area contributed by atoms with E-state index in [2.05, 4.69) is 0 Å². The van der Waals surface area contributed by atoms with Crippen molar-refractivity contribution in [2.45, 2.75) is 0 Å². The van der Waals surface area contributed by atoms with Gasteiger partial charge in [0.25, 0.3) is 0 Å². The monoisotopic (exact) mass is 574 g/mol. The van der Waals surface area contributed by atoms with Crippen LogP contribution in [-0.4, -0.2) is 19.5 Å². The molecule has 0 fully saturated rings. The first-order valence-electron chi connectivity index (χ1n) is 18.8. The van der Waals surface area contributed by atoms with Crippen molar-refractivity contribution < 1.29 is 18.1 Å². The van der Waals surface area contributed by atoms with Crippen molar-refractivity contribution in [1.82, 2.24) is 19.5 Å². The minimum absolute atomic E-state index is 0.00973. The Morgan fingerprint density at radius 3 is 1.84 bits per heavy atom. The maximum absolute atomic E-state index is 8.79. The molecule has 0 unspecified atom stereocenters. The second kappa shape index (κ2) is 9.75. The Balaban J connectivity index is 1.38. The second-order valence-electron chi connectivity index (χ2n) is 10.1. The van der Waals surface area contributed by atoms with Crippen LogP contribution in [0.3, 0.4) is 0 Å². The molecule has 3 aromatic heterocycles. The number of fused-ring (bicyclic) bond motifs is 6. The summed E-state index contributed by atoms with van der Waals surface area (Å²) < 4.78 is 92.7. The van der Waals surface area contributed by atoms with Crippen molar-refractivity contribution in [2.24, 2.45) is 0 Å². The normalized spacial score (nSPS) is 14.8. The molecule has 9 rings (SSSR count). The van der Waals surface area contributed by atoms with Crippen LogP contribution in [0.15, 0.2) is 150 Å². The fourth-order valence-electron chi connectivity index (χ4n) is 5.81. The third-order valence-corrected chi connectivity index (χ3v) is 7.66. The highest BCUT2D eigenvalue weighted by Crippen LogP contribution is 2.40. The van der Waals surface area contributed by atoms with Gasteiger partial charge in [-0.3, -0.25) is 4.57 Å². The first-order valence-corrected chi connectivity index (χ1v) is 13.8. The molecule has 5 nitrogen and oxygen atoms in total. The number of furan rings is 1. The summed E-state index contributed by atoms with van der Waals surface area (Å²) in [7, 11) is 0. The smallest absolute Gasteiger partial charge is 0.238 e. The van der Waals surface area contributed by atoms with Crippen LogP contribution < -0.4 is 0 Å². The molecule has 44 heavy (non-hydrogen) atoms. The van der Waals surface area contributed by atoms with Crippen molar-refractivity contribution in [2.75, 3.05) is 0 Å². The summed E-state index contributed by atoms with van der Waals surface area (Å²) in [4.78, 5) is 14.6. The molecule has 5 heteroatoms. The largest absolute Gasteiger partial charge is 0.455 e. The molecule has 0 saturated heterocycles. The van der Waals surface area contributed by atoms with Gasteiger partial charge in [-0.2, -0.15) is 9.97 Å². The lowest BCUT2D eigenvalue weighted by molar-refractivity contribution is 0.670. The molecule has 0 amide bonds. The Bertz CT molecular complexity index is 2970. The molecular formula is C39H24N4O. The van der Waals surface area contributed by atoms with E-state index in [1.54, 1.807) is 36.4 Å². The Labute approximate surface area is 266 Å². The molecule has 0 spiro atoms. The first kappa shape index (κ1) is 16.5. The topological polar surface area (TPSA) is 56.7 Å². The molecule has 0 saturated carbocycles. The molecule has 0 bridgehead atoms. The van der Waals surface area contributed by atoms with Gasteiger partial charge in [0.1, 0.15) is 11.2 Å². The second-order valence-corrected chi connectivity index (χ2v) is 10.1. The SMILES string of the molecule is [2H]c1c([2H])c([2H])c(-c2nc(-c3cccc4oc5c(-c6c([2H])c([2H])c([2H])c([2H])c6[2H])cccc5c34)nc(-n3c4ccccc4c4ccccc43)n2)c([2H])c1[2H]. The van der Waals surface area contributed by atoms with Crippen molar-refractivity contribution >= 4 is 43.7 Å². The van der Waals surface area contributed by atoms with Gasteiger partial charge in [0.15, 0.2) is 11.6 Å². The van der Waals surface area contributed by atoms with E-state index in [1.165, 1.54) is 0 Å². The van der Waals surface area contributed by atoms with Gasteiger partial charge in [0.2, 0.25) is 5.95 Å². The number of hydrogen-bond donors (Lipinski definition) is 0. The van der Waals surface area contributed by atoms with Gasteiger partial charge in [-0.1, -0.05) is 127 Å². The average molecular weight is 575 g/mol. The lowest BCUT2D eigenvalue weighted by Gasteiger charge is -2.11. The molecule has 0 aliphatic carbocycles. The van der Waals surface area contributed by atoms with E-state index in [9.17, 15) is 0 Å². The minimum Gasteiger partial charge on any atom is -0.455 e. The summed E-state index contributed by atoms with van der Waals surface area (Å²) >= 11 is 0. The molecule has 0 N–H and O–H groups in total. The Hall–Kier alpha value is -6.07. The van der Waals surface area contributed by atoms with Gasteiger partial charge in [-0.25, -0.2) is 4.98 Å². The highest BCUT2D eigenvalue weighted by atomic mass is 16.3. The molecule has 0 radical (unpaired) electrons. The van der Waals surface area contributed by atoms with Crippen LogP contribution in [-0.2, 0) is 0 Å². The number of aromatic nitrogens is 4. The van der Waals surface area contributed by atoms with Gasteiger partial charge < -0.3 is 4.42 Å². The minimum atomic E-state index is -0.546. The van der Waals surface area contributed by atoms with Crippen molar-refractivity contribution in [3.05, 3.63) is 145 Å². The Morgan fingerprint density at radius 2 is 1.11 bits per heavy atom. The first-order chi connectivity index (χ1) is 26.0. The number of hydrogen-bond acceptors (Lipinski definition) is 4. The van der Waals surface area contributed by atoms with E-state index in [-0.39, 0.29) is 46.4 Å². The van der Waals surface area contributed by atoms with Crippen LogP contribution in [0, 0.1) is 0 Å². The standard InChI is InChI=1S/C39H24N4O/c1-3-13-25(14-4-1)27-19-11-20-30-35-31(21-12-24-34(35)44-36(27)30)38-40-37(26-15-5-2-6-16-26)41-39(42-38)43-32-22-9-7-17-28(32)29-18-8-10-23-33(29)43/h1-24H/i1D,2D,3D,4D,5D,6D,13D,14D,15D,16D. The maximum atomic E-state index is 8.79. The van der Waals surface area contributed by atoms with Crippen molar-refractivity contribution in [3.63, 3.8) is 0 Å². The molecule has 6 aromatic carbocycles. The molecule has 0 atom stereocenters. The summed E-state index contributed by atoms with van der Waals surface area (Å²) in [6, 6.07) is 21.1. The van der Waals surface area contributed by atoms with Gasteiger partial charge in [-0.05, 0) is 23.8 Å². The predicted octanol–water partition coefficient (Wildman–Crippen LogP) is 9.87. The van der Waals surface area contributed by atoms with Crippen LogP contribution in [0.5, 0.6) is 0 Å². The Morgan fingerprint density at radius 1 is 0.523 bits per heavy atom. The third kappa shape index (κ3) is 3.76. The molecule has 206 valence electrons. The van der Waals surface area contributed by atoms with Gasteiger partial charge in [0.05, 0.1) is 24.7 Å². The van der Waals surface area contributed by atoms with E-state index >= 15 is 0 Å². The summed E-state index contributed by atoms with van der Waals surface area (Å²) in [6.45, 7) is 0. The molecule has 3 heterocycles. The van der Waals surface area contributed by atoms with E-state index in [4.69, 9.17) is 33.1 Å². The van der Waals surface area contributed by atoms with E-state index in [1.807, 2.05) is 53.1 Å². The zero-order chi connectivity index (χ0) is 37.7. The number of benzene rings is 6. The van der Waals surface area contributed by atoms with Crippen LogP contribution in [0.2, 0.25) is 0 Å². The van der Waals surface area contributed by atoms with Crippen LogP contribution >= 0.6 is 0 Å². The van der Waals surface area contributed by atoms with Crippen molar-refractivity contribution in [3.8, 4) is 39.9 Å². The van der Waals surface area contributed by atoms with E-state index < -0.39 is 48.3 Å². The fourth-order valence-corrected chi connectivity index (χ4v) is 5.81. The summed E-state index contributed by atoms with van der Waals surface area (Å²) in [6.07, 6.45) is 0. The molecule has 9 aromatic rings. The average Bonchev–Trinajstić information content (AvgIpc) is 3.74. The van der Waals surface area contributed by atoms with Crippen LogP contribution in [0.4, 0.5) is 0 Å². The number of rotatable bonds is 4.